The summed E-state index contributed by atoms with van der Waals surface area (Å²) in [5.74, 6) is 0. The highest BCUT2D eigenvalue weighted by atomic mass is 35.5. The minimum absolute atomic E-state index is 0.474. The fraction of sp³-hybridized carbons (Fsp3) is 0.125. The van der Waals surface area contributed by atoms with Gasteiger partial charge >= 0.3 is 0 Å². The molecule has 20 heavy (non-hydrogen) atoms. The molecule has 1 aromatic heterocycles. The molecule has 0 aliphatic rings. The van der Waals surface area contributed by atoms with Crippen molar-refractivity contribution in [2.75, 3.05) is 0 Å². The number of aldehydes is 1. The van der Waals surface area contributed by atoms with Crippen LogP contribution in [0, 0.1) is 6.92 Å². The van der Waals surface area contributed by atoms with E-state index < -0.39 is 0 Å². The molecule has 0 amide bonds. The highest BCUT2D eigenvalue weighted by molar-refractivity contribution is 6.33. The number of benzene rings is 2. The summed E-state index contributed by atoms with van der Waals surface area (Å²) in [4.78, 5) is 15.2. The number of carbonyl (C=O) groups excluding carboxylic acids is 1. The number of halogens is 1. The van der Waals surface area contributed by atoms with Crippen molar-refractivity contribution in [3.63, 3.8) is 0 Å². The Hall–Kier alpha value is -2.13. The second-order valence-electron chi connectivity index (χ2n) is 4.87. The number of hydrogen-bond donors (Lipinski definition) is 0. The second kappa shape index (κ2) is 4.76. The van der Waals surface area contributed by atoms with Crippen molar-refractivity contribution < 1.29 is 4.79 Å². The van der Waals surface area contributed by atoms with Crippen LogP contribution in [0.3, 0.4) is 0 Å². The van der Waals surface area contributed by atoms with E-state index in [1.807, 2.05) is 30.7 Å². The Labute approximate surface area is 121 Å². The number of carbonyl (C=O) groups is 1. The third-order valence-electron chi connectivity index (χ3n) is 3.51. The molecule has 4 heteroatoms. The van der Waals surface area contributed by atoms with E-state index in [4.69, 9.17) is 11.6 Å². The number of fused-ring (bicyclic) bond motifs is 1. The number of aryl methyl sites for hydroxylation is 2. The third kappa shape index (κ3) is 2.00. The lowest BCUT2D eigenvalue weighted by molar-refractivity contribution is 0.112. The van der Waals surface area contributed by atoms with E-state index in [1.54, 1.807) is 12.4 Å². The Morgan fingerprint density at radius 3 is 2.75 bits per heavy atom. The van der Waals surface area contributed by atoms with Crippen molar-refractivity contribution in [2.24, 2.45) is 7.05 Å². The molecular formula is C16H13ClN2O. The first-order chi connectivity index (χ1) is 9.60. The van der Waals surface area contributed by atoms with Gasteiger partial charge in [-0.15, -0.1) is 0 Å². The maximum Gasteiger partial charge on any atom is 0.151 e. The van der Waals surface area contributed by atoms with E-state index >= 15 is 0 Å². The standard InChI is InChI=1S/C16H13ClN2O/c1-10-5-15-16(19(2)9-18-15)7-13(10)11-3-4-12(8-20)14(17)6-11/h3-9H,1-2H3. The van der Waals surface area contributed by atoms with Gasteiger partial charge < -0.3 is 4.57 Å². The molecule has 3 nitrogen and oxygen atoms in total. The highest BCUT2D eigenvalue weighted by Gasteiger charge is 2.09. The summed E-state index contributed by atoms with van der Waals surface area (Å²) < 4.78 is 1.99. The number of imidazole rings is 1. The summed E-state index contributed by atoms with van der Waals surface area (Å²) in [6.45, 7) is 2.05. The van der Waals surface area contributed by atoms with Crippen LogP contribution in [0.2, 0.25) is 5.02 Å². The summed E-state index contributed by atoms with van der Waals surface area (Å²) >= 11 is 6.11. The average molecular weight is 285 g/mol. The zero-order chi connectivity index (χ0) is 14.3. The van der Waals surface area contributed by atoms with Crippen LogP contribution in [0.4, 0.5) is 0 Å². The summed E-state index contributed by atoms with van der Waals surface area (Å²) in [5, 5.41) is 0.474. The summed E-state index contributed by atoms with van der Waals surface area (Å²) in [7, 11) is 1.97. The van der Waals surface area contributed by atoms with Crippen LogP contribution in [0.25, 0.3) is 22.2 Å². The lowest BCUT2D eigenvalue weighted by Crippen LogP contribution is -1.89. The van der Waals surface area contributed by atoms with Gasteiger partial charge in [-0.05, 0) is 47.9 Å². The lowest BCUT2D eigenvalue weighted by atomic mass is 9.99. The van der Waals surface area contributed by atoms with Crippen molar-refractivity contribution in [3.05, 3.63) is 52.8 Å². The predicted molar refractivity (Wildman–Crippen MR) is 81.3 cm³/mol. The fourth-order valence-electron chi connectivity index (χ4n) is 2.38. The first-order valence-electron chi connectivity index (χ1n) is 6.27. The number of rotatable bonds is 2. The molecule has 0 N–H and O–H groups in total. The molecule has 3 aromatic rings. The van der Waals surface area contributed by atoms with Crippen molar-refractivity contribution in [1.29, 1.82) is 0 Å². The van der Waals surface area contributed by atoms with Gasteiger partial charge in [0.25, 0.3) is 0 Å². The second-order valence-corrected chi connectivity index (χ2v) is 5.27. The Kier molecular flexibility index (Phi) is 3.07. The van der Waals surface area contributed by atoms with Crippen LogP contribution in [-0.4, -0.2) is 15.8 Å². The van der Waals surface area contributed by atoms with Gasteiger partial charge in [0, 0.05) is 12.6 Å². The largest absolute Gasteiger partial charge is 0.334 e. The fourth-order valence-corrected chi connectivity index (χ4v) is 2.60. The molecule has 0 aliphatic heterocycles. The summed E-state index contributed by atoms with van der Waals surface area (Å²) in [5.41, 5.74) is 5.79. The van der Waals surface area contributed by atoms with E-state index in [2.05, 4.69) is 17.1 Å². The van der Waals surface area contributed by atoms with Gasteiger partial charge in [-0.3, -0.25) is 4.79 Å². The molecule has 0 aliphatic carbocycles. The minimum atomic E-state index is 0.474. The molecule has 100 valence electrons. The first-order valence-corrected chi connectivity index (χ1v) is 6.64. The summed E-state index contributed by atoms with van der Waals surface area (Å²) in [6, 6.07) is 9.66. The monoisotopic (exact) mass is 284 g/mol. The molecular weight excluding hydrogens is 272 g/mol. The van der Waals surface area contributed by atoms with Crippen molar-refractivity contribution in [1.82, 2.24) is 9.55 Å². The van der Waals surface area contributed by atoms with E-state index in [-0.39, 0.29) is 0 Å². The molecule has 0 bridgehead atoms. The molecule has 0 unspecified atom stereocenters. The first kappa shape index (κ1) is 12.9. The van der Waals surface area contributed by atoms with E-state index in [1.165, 1.54) is 0 Å². The van der Waals surface area contributed by atoms with E-state index in [0.29, 0.717) is 10.6 Å². The Bertz CT molecular complexity index is 821. The molecule has 0 fully saturated rings. The minimum Gasteiger partial charge on any atom is -0.334 e. The SMILES string of the molecule is Cc1cc2ncn(C)c2cc1-c1ccc(C=O)c(Cl)c1. The Balaban J connectivity index is 2.22. The quantitative estimate of drug-likeness (QED) is 0.666. The lowest BCUT2D eigenvalue weighted by Gasteiger charge is -2.08. The van der Waals surface area contributed by atoms with Gasteiger partial charge in [0.15, 0.2) is 6.29 Å². The van der Waals surface area contributed by atoms with Gasteiger partial charge in [-0.2, -0.15) is 0 Å². The Morgan fingerprint density at radius 1 is 1.25 bits per heavy atom. The van der Waals surface area contributed by atoms with Gasteiger partial charge in [-0.1, -0.05) is 17.7 Å². The zero-order valence-corrected chi connectivity index (χ0v) is 12.0. The zero-order valence-electron chi connectivity index (χ0n) is 11.2. The highest BCUT2D eigenvalue weighted by Crippen LogP contribution is 2.30. The predicted octanol–water partition coefficient (Wildman–Crippen LogP) is 4.01. The van der Waals surface area contributed by atoms with Crippen LogP contribution in [0.1, 0.15) is 15.9 Å². The molecule has 2 aromatic carbocycles. The smallest absolute Gasteiger partial charge is 0.151 e. The molecule has 0 saturated carbocycles. The Morgan fingerprint density at radius 2 is 2.05 bits per heavy atom. The van der Waals surface area contributed by atoms with Crippen LogP contribution >= 0.6 is 11.6 Å². The van der Waals surface area contributed by atoms with E-state index in [0.717, 1.165) is 34.0 Å². The molecule has 0 saturated heterocycles. The van der Waals surface area contributed by atoms with Crippen LogP contribution in [0.15, 0.2) is 36.7 Å². The average Bonchev–Trinajstić information content (AvgIpc) is 2.78. The molecule has 0 atom stereocenters. The van der Waals surface area contributed by atoms with Crippen LogP contribution in [-0.2, 0) is 7.05 Å². The van der Waals surface area contributed by atoms with Gasteiger partial charge in [0.1, 0.15) is 0 Å². The van der Waals surface area contributed by atoms with Gasteiger partial charge in [0.2, 0.25) is 0 Å². The van der Waals surface area contributed by atoms with E-state index in [9.17, 15) is 4.79 Å². The topological polar surface area (TPSA) is 34.9 Å². The molecule has 0 spiro atoms. The van der Waals surface area contributed by atoms with Crippen LogP contribution < -0.4 is 0 Å². The number of hydrogen-bond acceptors (Lipinski definition) is 2. The molecule has 3 rings (SSSR count). The maximum absolute atomic E-state index is 10.8. The number of nitrogens with zero attached hydrogens (tertiary/aromatic N) is 2. The van der Waals surface area contributed by atoms with Crippen molar-refractivity contribution >= 4 is 28.9 Å². The molecule has 1 heterocycles. The third-order valence-corrected chi connectivity index (χ3v) is 3.84. The number of aromatic nitrogens is 2. The van der Waals surface area contributed by atoms with Gasteiger partial charge in [-0.25, -0.2) is 4.98 Å². The maximum atomic E-state index is 10.8. The van der Waals surface area contributed by atoms with Crippen LogP contribution in [0.5, 0.6) is 0 Å². The summed E-state index contributed by atoms with van der Waals surface area (Å²) in [6.07, 6.45) is 2.57. The van der Waals surface area contributed by atoms with Crippen molar-refractivity contribution in [2.45, 2.75) is 6.92 Å². The van der Waals surface area contributed by atoms with Gasteiger partial charge in [0.05, 0.1) is 22.4 Å². The van der Waals surface area contributed by atoms with Crippen molar-refractivity contribution in [3.8, 4) is 11.1 Å². The normalized spacial score (nSPS) is 10.9. The molecule has 0 radical (unpaired) electrons.